The molecule has 0 radical (unpaired) electrons. The number of aliphatic carboxylic acids is 1. The van der Waals surface area contributed by atoms with E-state index in [1.807, 2.05) is 0 Å². The summed E-state index contributed by atoms with van der Waals surface area (Å²) >= 11 is 0. The second kappa shape index (κ2) is 5.99. The Balaban J connectivity index is 1.98. The summed E-state index contributed by atoms with van der Waals surface area (Å²) in [5.41, 5.74) is -0.616. The number of hydrogen-bond donors (Lipinski definition) is 1. The van der Waals surface area contributed by atoms with E-state index in [-0.39, 0.29) is 0 Å². The van der Waals surface area contributed by atoms with Crippen LogP contribution in [-0.2, 0) is 14.3 Å². The van der Waals surface area contributed by atoms with E-state index >= 15 is 0 Å². The van der Waals surface area contributed by atoms with Crippen molar-refractivity contribution in [3.8, 4) is 0 Å². The summed E-state index contributed by atoms with van der Waals surface area (Å²) in [7, 11) is 1.69. The third-order valence-electron chi connectivity index (χ3n) is 4.06. The molecule has 1 N–H and O–H groups in total. The quantitative estimate of drug-likeness (QED) is 0.736. The van der Waals surface area contributed by atoms with Gasteiger partial charge >= 0.3 is 5.97 Å². The van der Waals surface area contributed by atoms with E-state index in [2.05, 4.69) is 4.90 Å². The lowest BCUT2D eigenvalue weighted by atomic mass is 9.79. The molecule has 1 aliphatic carbocycles. The first-order chi connectivity index (χ1) is 8.68. The minimum absolute atomic E-state index is 0.565. The summed E-state index contributed by atoms with van der Waals surface area (Å²) in [6.45, 7) is 3.27. The lowest BCUT2D eigenvalue weighted by Crippen LogP contribution is -2.48. The Bertz CT molecular complexity index is 285. The number of hydrogen-bond acceptors (Lipinski definition) is 4. The van der Waals surface area contributed by atoms with E-state index in [0.29, 0.717) is 45.2 Å². The number of ether oxygens (including phenoxy) is 2. The van der Waals surface area contributed by atoms with Gasteiger partial charge in [0.15, 0.2) is 0 Å². The van der Waals surface area contributed by atoms with E-state index in [4.69, 9.17) is 9.47 Å². The van der Waals surface area contributed by atoms with Gasteiger partial charge in [-0.3, -0.25) is 9.69 Å². The number of carbonyl (C=O) groups is 1. The average Bonchev–Trinajstić information content (AvgIpc) is 3.19. The molecule has 1 saturated carbocycles. The highest BCUT2D eigenvalue weighted by atomic mass is 16.5. The standard InChI is InChI=1S/C13H23NO4/c1-17-9-6-14(11-2-3-11)10-13(12(15)16)4-7-18-8-5-13/h11H,2-10H2,1H3,(H,15,16). The summed E-state index contributed by atoms with van der Waals surface area (Å²) in [5, 5.41) is 9.55. The molecule has 2 rings (SSSR count). The summed E-state index contributed by atoms with van der Waals surface area (Å²) in [6, 6.07) is 0.569. The number of nitrogens with zero attached hydrogens (tertiary/aromatic N) is 1. The molecule has 0 spiro atoms. The third-order valence-corrected chi connectivity index (χ3v) is 4.06. The second-order valence-corrected chi connectivity index (χ2v) is 5.39. The fraction of sp³-hybridized carbons (Fsp3) is 0.923. The van der Waals surface area contributed by atoms with Crippen molar-refractivity contribution in [1.29, 1.82) is 0 Å². The Morgan fingerprint density at radius 2 is 2.11 bits per heavy atom. The van der Waals surface area contributed by atoms with Crippen LogP contribution in [0.3, 0.4) is 0 Å². The molecular weight excluding hydrogens is 234 g/mol. The maximum absolute atomic E-state index is 11.6. The summed E-state index contributed by atoms with van der Waals surface area (Å²) in [6.07, 6.45) is 3.63. The molecule has 1 aliphatic heterocycles. The van der Waals surface area contributed by atoms with Gasteiger partial charge in [-0.15, -0.1) is 0 Å². The molecule has 0 bridgehead atoms. The molecule has 5 heteroatoms. The zero-order valence-corrected chi connectivity index (χ0v) is 11.1. The van der Waals surface area contributed by atoms with Gasteiger partial charge in [-0.05, 0) is 25.7 Å². The minimum atomic E-state index is -0.672. The molecule has 1 heterocycles. The normalized spacial score (nSPS) is 23.2. The molecule has 5 nitrogen and oxygen atoms in total. The van der Waals surface area contributed by atoms with Gasteiger partial charge in [0.2, 0.25) is 0 Å². The van der Waals surface area contributed by atoms with Gasteiger partial charge in [-0.25, -0.2) is 0 Å². The predicted octanol–water partition coefficient (Wildman–Crippen LogP) is 0.979. The van der Waals surface area contributed by atoms with Crippen molar-refractivity contribution in [1.82, 2.24) is 4.90 Å². The summed E-state index contributed by atoms with van der Waals surface area (Å²) in [5.74, 6) is -0.672. The smallest absolute Gasteiger partial charge is 0.311 e. The molecule has 1 saturated heterocycles. The molecule has 2 fully saturated rings. The first-order valence-electron chi connectivity index (χ1n) is 6.72. The van der Waals surface area contributed by atoms with Crippen LogP contribution < -0.4 is 0 Å². The lowest BCUT2D eigenvalue weighted by Gasteiger charge is -2.37. The van der Waals surface area contributed by atoms with Crippen LogP contribution >= 0.6 is 0 Å². The second-order valence-electron chi connectivity index (χ2n) is 5.39. The van der Waals surface area contributed by atoms with Crippen LogP contribution in [-0.4, -0.2) is 62.0 Å². The Morgan fingerprint density at radius 3 is 2.61 bits per heavy atom. The van der Waals surface area contributed by atoms with E-state index in [1.165, 1.54) is 12.8 Å². The van der Waals surface area contributed by atoms with Crippen molar-refractivity contribution in [2.75, 3.05) is 40.0 Å². The molecule has 0 aromatic heterocycles. The fourth-order valence-electron chi connectivity index (χ4n) is 2.63. The van der Waals surface area contributed by atoms with Gasteiger partial charge < -0.3 is 14.6 Å². The van der Waals surface area contributed by atoms with Gasteiger partial charge in [0, 0.05) is 39.5 Å². The van der Waals surface area contributed by atoms with E-state index in [1.54, 1.807) is 7.11 Å². The van der Waals surface area contributed by atoms with Gasteiger partial charge in [0.1, 0.15) is 0 Å². The first-order valence-corrected chi connectivity index (χ1v) is 6.72. The van der Waals surface area contributed by atoms with Crippen LogP contribution in [0.15, 0.2) is 0 Å². The van der Waals surface area contributed by atoms with Crippen LogP contribution in [0, 0.1) is 5.41 Å². The number of carboxylic acids is 1. The van der Waals surface area contributed by atoms with E-state index in [0.717, 1.165) is 6.54 Å². The highest BCUT2D eigenvalue weighted by Crippen LogP contribution is 2.36. The molecular formula is C13H23NO4. The molecule has 0 aromatic carbocycles. The van der Waals surface area contributed by atoms with Crippen molar-refractivity contribution in [3.63, 3.8) is 0 Å². The van der Waals surface area contributed by atoms with E-state index in [9.17, 15) is 9.90 Å². The monoisotopic (exact) mass is 257 g/mol. The molecule has 0 atom stereocenters. The molecule has 18 heavy (non-hydrogen) atoms. The first kappa shape index (κ1) is 13.8. The molecule has 2 aliphatic rings. The van der Waals surface area contributed by atoms with Gasteiger partial charge in [0.05, 0.1) is 12.0 Å². The van der Waals surface area contributed by atoms with Crippen LogP contribution in [0.25, 0.3) is 0 Å². The number of carboxylic acid groups (broad SMARTS) is 1. The van der Waals surface area contributed by atoms with E-state index < -0.39 is 11.4 Å². The van der Waals surface area contributed by atoms with Crippen molar-refractivity contribution in [2.45, 2.75) is 31.7 Å². The topological polar surface area (TPSA) is 59.0 Å². The maximum atomic E-state index is 11.6. The van der Waals surface area contributed by atoms with Gasteiger partial charge in [-0.2, -0.15) is 0 Å². The van der Waals surface area contributed by atoms with Crippen LogP contribution in [0.2, 0.25) is 0 Å². The number of rotatable bonds is 7. The van der Waals surface area contributed by atoms with Crippen LogP contribution in [0.4, 0.5) is 0 Å². The Labute approximate surface area is 108 Å². The van der Waals surface area contributed by atoms with Gasteiger partial charge in [0.25, 0.3) is 0 Å². The molecule has 104 valence electrons. The zero-order chi connectivity index (χ0) is 13.0. The average molecular weight is 257 g/mol. The highest BCUT2D eigenvalue weighted by Gasteiger charge is 2.44. The SMILES string of the molecule is COCCN(CC1(C(=O)O)CCOCC1)C1CC1. The zero-order valence-electron chi connectivity index (χ0n) is 11.1. The predicted molar refractivity (Wildman–Crippen MR) is 66.6 cm³/mol. The largest absolute Gasteiger partial charge is 0.481 e. The summed E-state index contributed by atoms with van der Waals surface area (Å²) in [4.78, 5) is 13.9. The molecule has 0 amide bonds. The summed E-state index contributed by atoms with van der Waals surface area (Å²) < 4.78 is 10.4. The van der Waals surface area contributed by atoms with Crippen LogP contribution in [0.1, 0.15) is 25.7 Å². The van der Waals surface area contributed by atoms with Crippen molar-refractivity contribution in [2.24, 2.45) is 5.41 Å². The van der Waals surface area contributed by atoms with Crippen LogP contribution in [0.5, 0.6) is 0 Å². The molecule has 0 unspecified atom stereocenters. The fourth-order valence-corrected chi connectivity index (χ4v) is 2.63. The molecule has 0 aromatic rings. The number of methoxy groups -OCH3 is 1. The lowest BCUT2D eigenvalue weighted by molar-refractivity contribution is -0.157. The Morgan fingerprint density at radius 1 is 1.44 bits per heavy atom. The van der Waals surface area contributed by atoms with Crippen molar-refractivity contribution < 1.29 is 19.4 Å². The van der Waals surface area contributed by atoms with Crippen molar-refractivity contribution in [3.05, 3.63) is 0 Å². The Hall–Kier alpha value is -0.650. The van der Waals surface area contributed by atoms with Gasteiger partial charge in [-0.1, -0.05) is 0 Å². The third kappa shape index (κ3) is 3.22. The highest BCUT2D eigenvalue weighted by molar-refractivity contribution is 5.75. The minimum Gasteiger partial charge on any atom is -0.481 e. The maximum Gasteiger partial charge on any atom is 0.311 e. The Kier molecular flexibility index (Phi) is 4.59. The van der Waals surface area contributed by atoms with Crippen molar-refractivity contribution >= 4 is 5.97 Å².